The van der Waals surface area contributed by atoms with Crippen molar-refractivity contribution < 1.29 is 13.2 Å². The van der Waals surface area contributed by atoms with E-state index in [0.717, 1.165) is 0 Å². The van der Waals surface area contributed by atoms with Gasteiger partial charge in [0.25, 0.3) is 0 Å². The van der Waals surface area contributed by atoms with Gasteiger partial charge in [0.15, 0.2) is 0 Å². The fourth-order valence-electron chi connectivity index (χ4n) is 1.73. The van der Waals surface area contributed by atoms with Crippen LogP contribution in [-0.2, 0) is 0 Å². The summed E-state index contributed by atoms with van der Waals surface area (Å²) in [4.78, 5) is 1.40. The zero-order valence-corrected chi connectivity index (χ0v) is 11.3. The van der Waals surface area contributed by atoms with Crippen molar-refractivity contribution in [3.8, 4) is 6.07 Å². The Morgan fingerprint density at radius 2 is 1.89 bits per heavy atom. The molecule has 0 aliphatic heterocycles. The highest BCUT2D eigenvalue weighted by Gasteiger charge is 2.30. The van der Waals surface area contributed by atoms with E-state index >= 15 is 0 Å². The zero-order valence-electron chi connectivity index (χ0n) is 11.3. The van der Waals surface area contributed by atoms with E-state index in [9.17, 15) is 13.2 Å². The smallest absolute Gasteiger partial charge is 0.303 e. The van der Waals surface area contributed by atoms with Crippen molar-refractivity contribution in [1.82, 2.24) is 10.2 Å². The van der Waals surface area contributed by atoms with Gasteiger partial charge in [-0.3, -0.25) is 4.90 Å². The maximum atomic E-state index is 12.3. The van der Waals surface area contributed by atoms with Crippen molar-refractivity contribution >= 4 is 0 Å². The average Bonchev–Trinajstić information content (AvgIpc) is 2.27. The second-order valence-electron chi connectivity index (χ2n) is 4.69. The summed E-state index contributed by atoms with van der Waals surface area (Å²) in [7, 11) is 1.68. The van der Waals surface area contributed by atoms with E-state index in [1.807, 2.05) is 6.92 Å². The van der Waals surface area contributed by atoms with Gasteiger partial charge in [0.05, 0.1) is 12.6 Å². The standard InChI is InChI=1S/C12H22F3N3/c1-4-7-18(10-12(13,14)15)8-5-6-11(2,9-16)17-3/h17H,4-8,10H2,1-3H3. The fraction of sp³-hybridized carbons (Fsp3) is 0.917. The molecule has 0 aliphatic rings. The first kappa shape index (κ1) is 17.2. The second-order valence-corrected chi connectivity index (χ2v) is 4.69. The minimum atomic E-state index is -4.16. The summed E-state index contributed by atoms with van der Waals surface area (Å²) in [5, 5.41) is 11.8. The highest BCUT2D eigenvalue weighted by atomic mass is 19.4. The van der Waals surface area contributed by atoms with Crippen LogP contribution in [0, 0.1) is 11.3 Å². The molecule has 0 aromatic heterocycles. The van der Waals surface area contributed by atoms with Crippen LogP contribution in [0.1, 0.15) is 33.1 Å². The predicted octanol–water partition coefficient (Wildman–Crippen LogP) is 2.54. The molecule has 18 heavy (non-hydrogen) atoms. The third kappa shape index (κ3) is 7.51. The van der Waals surface area contributed by atoms with Crippen LogP contribution in [0.15, 0.2) is 0 Å². The van der Waals surface area contributed by atoms with E-state index in [1.165, 1.54) is 4.90 Å². The van der Waals surface area contributed by atoms with Gasteiger partial charge in [0.2, 0.25) is 0 Å². The lowest BCUT2D eigenvalue weighted by Crippen LogP contribution is -2.40. The van der Waals surface area contributed by atoms with Gasteiger partial charge in [-0.2, -0.15) is 18.4 Å². The van der Waals surface area contributed by atoms with Crippen LogP contribution in [0.5, 0.6) is 0 Å². The molecule has 0 saturated carbocycles. The topological polar surface area (TPSA) is 39.1 Å². The number of nitriles is 1. The van der Waals surface area contributed by atoms with Gasteiger partial charge in [0.1, 0.15) is 5.54 Å². The van der Waals surface area contributed by atoms with E-state index in [4.69, 9.17) is 5.26 Å². The maximum Gasteiger partial charge on any atom is 0.401 e. The molecule has 0 aromatic rings. The molecule has 0 radical (unpaired) electrons. The van der Waals surface area contributed by atoms with Crippen molar-refractivity contribution in [2.24, 2.45) is 0 Å². The Bertz CT molecular complexity index is 273. The molecule has 0 aliphatic carbocycles. The molecular weight excluding hydrogens is 243 g/mol. The molecule has 0 heterocycles. The lowest BCUT2D eigenvalue weighted by atomic mass is 9.98. The van der Waals surface area contributed by atoms with E-state index in [2.05, 4.69) is 11.4 Å². The number of halogens is 3. The second kappa shape index (κ2) is 7.59. The van der Waals surface area contributed by atoms with Crippen molar-refractivity contribution in [3.05, 3.63) is 0 Å². The summed E-state index contributed by atoms with van der Waals surface area (Å²) >= 11 is 0. The molecule has 1 atom stereocenters. The highest BCUT2D eigenvalue weighted by molar-refractivity contribution is 5.02. The molecular formula is C12H22F3N3. The highest BCUT2D eigenvalue weighted by Crippen LogP contribution is 2.18. The SMILES string of the molecule is CCCN(CCCC(C)(C#N)NC)CC(F)(F)F. The first-order valence-electron chi connectivity index (χ1n) is 6.15. The third-order valence-corrected chi connectivity index (χ3v) is 2.89. The zero-order chi connectivity index (χ0) is 14.2. The Morgan fingerprint density at radius 3 is 2.28 bits per heavy atom. The van der Waals surface area contributed by atoms with Crippen LogP contribution in [0.2, 0.25) is 0 Å². The van der Waals surface area contributed by atoms with Crippen LogP contribution in [-0.4, -0.2) is 43.3 Å². The van der Waals surface area contributed by atoms with Gasteiger partial charge in [-0.1, -0.05) is 6.92 Å². The molecule has 106 valence electrons. The molecule has 1 N–H and O–H groups in total. The van der Waals surface area contributed by atoms with Gasteiger partial charge < -0.3 is 5.32 Å². The Morgan fingerprint density at radius 1 is 1.28 bits per heavy atom. The van der Waals surface area contributed by atoms with Crippen LogP contribution in [0.25, 0.3) is 0 Å². The monoisotopic (exact) mass is 265 g/mol. The Labute approximate surface area is 107 Å². The molecule has 0 spiro atoms. The number of alkyl halides is 3. The summed E-state index contributed by atoms with van der Waals surface area (Å²) in [5.74, 6) is 0. The lowest BCUT2D eigenvalue weighted by molar-refractivity contribution is -0.146. The first-order valence-corrected chi connectivity index (χ1v) is 6.15. The minimum Gasteiger partial charge on any atom is -0.303 e. The average molecular weight is 265 g/mol. The molecule has 0 saturated heterocycles. The molecule has 0 bridgehead atoms. The lowest BCUT2D eigenvalue weighted by Gasteiger charge is -2.25. The Kier molecular flexibility index (Phi) is 7.26. The first-order chi connectivity index (χ1) is 8.26. The third-order valence-electron chi connectivity index (χ3n) is 2.89. The summed E-state index contributed by atoms with van der Waals surface area (Å²) in [5.41, 5.74) is -0.657. The molecule has 0 fully saturated rings. The van der Waals surface area contributed by atoms with Crippen LogP contribution < -0.4 is 5.32 Å². The van der Waals surface area contributed by atoms with Crippen molar-refractivity contribution in [3.63, 3.8) is 0 Å². The fourth-order valence-corrected chi connectivity index (χ4v) is 1.73. The molecule has 0 amide bonds. The van der Waals surface area contributed by atoms with E-state index in [0.29, 0.717) is 32.4 Å². The Hall–Kier alpha value is -0.800. The summed E-state index contributed by atoms with van der Waals surface area (Å²) < 4.78 is 36.9. The summed E-state index contributed by atoms with van der Waals surface area (Å²) in [6.45, 7) is 3.54. The molecule has 0 rings (SSSR count). The molecule has 3 nitrogen and oxygen atoms in total. The molecule has 0 aromatic carbocycles. The van der Waals surface area contributed by atoms with Crippen molar-refractivity contribution in [1.29, 1.82) is 5.26 Å². The van der Waals surface area contributed by atoms with Gasteiger partial charge in [-0.25, -0.2) is 0 Å². The van der Waals surface area contributed by atoms with Crippen LogP contribution >= 0.6 is 0 Å². The van der Waals surface area contributed by atoms with E-state index in [1.54, 1.807) is 14.0 Å². The Balaban J connectivity index is 4.17. The van der Waals surface area contributed by atoms with Gasteiger partial charge in [0, 0.05) is 0 Å². The summed E-state index contributed by atoms with van der Waals surface area (Å²) in [6, 6.07) is 2.13. The quantitative estimate of drug-likeness (QED) is 0.733. The number of rotatable bonds is 8. The number of nitrogens with one attached hydrogen (secondary N) is 1. The van der Waals surface area contributed by atoms with Crippen LogP contribution in [0.4, 0.5) is 13.2 Å². The minimum absolute atomic E-state index is 0.367. The van der Waals surface area contributed by atoms with Gasteiger partial charge in [-0.05, 0) is 46.3 Å². The van der Waals surface area contributed by atoms with Gasteiger partial charge >= 0.3 is 6.18 Å². The van der Waals surface area contributed by atoms with E-state index in [-0.39, 0.29) is 0 Å². The maximum absolute atomic E-state index is 12.3. The number of hydrogen-bond donors (Lipinski definition) is 1. The molecule has 6 heteroatoms. The summed E-state index contributed by atoms with van der Waals surface area (Å²) in [6.07, 6.45) is -2.35. The number of nitrogens with zero attached hydrogens (tertiary/aromatic N) is 2. The predicted molar refractivity (Wildman–Crippen MR) is 65.1 cm³/mol. The number of hydrogen-bond acceptors (Lipinski definition) is 3. The molecule has 1 unspecified atom stereocenters. The largest absolute Gasteiger partial charge is 0.401 e. The van der Waals surface area contributed by atoms with Crippen molar-refractivity contribution in [2.45, 2.75) is 44.8 Å². The van der Waals surface area contributed by atoms with Crippen LogP contribution in [0.3, 0.4) is 0 Å². The normalized spacial score (nSPS) is 15.4. The van der Waals surface area contributed by atoms with E-state index < -0.39 is 18.3 Å². The van der Waals surface area contributed by atoms with Gasteiger partial charge in [-0.15, -0.1) is 0 Å². The van der Waals surface area contributed by atoms with Crippen molar-refractivity contribution in [2.75, 3.05) is 26.7 Å².